The van der Waals surface area contributed by atoms with Gasteiger partial charge in [-0.05, 0) is 31.2 Å². The highest BCUT2D eigenvalue weighted by Gasteiger charge is 2.16. The van der Waals surface area contributed by atoms with Gasteiger partial charge in [0.2, 0.25) is 0 Å². The molecular weight excluding hydrogens is 344 g/mol. The van der Waals surface area contributed by atoms with Gasteiger partial charge in [0.15, 0.2) is 5.69 Å². The van der Waals surface area contributed by atoms with Crippen molar-refractivity contribution in [2.45, 2.75) is 12.8 Å². The van der Waals surface area contributed by atoms with Crippen molar-refractivity contribution in [3.63, 3.8) is 0 Å². The van der Waals surface area contributed by atoms with Crippen LogP contribution in [0.4, 0.5) is 0 Å². The molecule has 0 unspecified atom stereocenters. The Labute approximate surface area is 157 Å². The molecule has 0 amide bonds. The van der Waals surface area contributed by atoms with E-state index < -0.39 is 0 Å². The number of rotatable bonds is 8. The average Bonchev–Trinajstić information content (AvgIpc) is 3.16. The van der Waals surface area contributed by atoms with E-state index in [-0.39, 0.29) is 5.69 Å². The number of hydrogen-bond acceptors (Lipinski definition) is 7. The predicted molar refractivity (Wildman–Crippen MR) is 99.3 cm³/mol. The molecule has 0 saturated carbocycles. The fourth-order valence-corrected chi connectivity index (χ4v) is 2.60. The summed E-state index contributed by atoms with van der Waals surface area (Å²) >= 11 is 0. The molecule has 0 aliphatic carbocycles. The summed E-state index contributed by atoms with van der Waals surface area (Å²) in [5.74, 6) is 1.37. The highest BCUT2D eigenvalue weighted by atomic mass is 16.5. The van der Waals surface area contributed by atoms with Gasteiger partial charge in [-0.25, -0.2) is 4.98 Å². The third-order valence-corrected chi connectivity index (χ3v) is 3.89. The van der Waals surface area contributed by atoms with Crippen LogP contribution < -0.4 is 15.2 Å². The van der Waals surface area contributed by atoms with Crippen molar-refractivity contribution < 1.29 is 9.47 Å². The lowest BCUT2D eigenvalue weighted by Gasteiger charge is -2.13. The molecule has 0 aliphatic rings. The van der Waals surface area contributed by atoms with Gasteiger partial charge in [0.05, 0.1) is 43.1 Å². The minimum Gasteiger partial charge on any atom is -0.496 e. The van der Waals surface area contributed by atoms with Crippen LogP contribution >= 0.6 is 0 Å². The average molecular weight is 364 g/mol. The van der Waals surface area contributed by atoms with Crippen LogP contribution in [-0.4, -0.2) is 40.4 Å². The first-order valence-electron chi connectivity index (χ1n) is 8.50. The Hall–Kier alpha value is -3.44. The minimum absolute atomic E-state index is 0.289. The largest absolute Gasteiger partial charge is 0.496 e. The summed E-state index contributed by atoms with van der Waals surface area (Å²) in [5.41, 5.74) is 8.93. The number of nitriles is 1. The number of benzene rings is 1. The Balaban J connectivity index is 1.85. The first kappa shape index (κ1) is 18.4. The Morgan fingerprint density at radius 2 is 2.07 bits per heavy atom. The summed E-state index contributed by atoms with van der Waals surface area (Å²) in [6.07, 6.45) is 4.32. The highest BCUT2D eigenvalue weighted by molar-refractivity contribution is 5.74. The van der Waals surface area contributed by atoms with Gasteiger partial charge < -0.3 is 15.2 Å². The molecule has 138 valence electrons. The summed E-state index contributed by atoms with van der Waals surface area (Å²) in [4.78, 5) is 8.27. The molecule has 8 nitrogen and oxygen atoms in total. The van der Waals surface area contributed by atoms with E-state index in [4.69, 9.17) is 20.5 Å². The van der Waals surface area contributed by atoms with Crippen molar-refractivity contribution in [2.24, 2.45) is 5.73 Å². The Morgan fingerprint density at radius 1 is 1.22 bits per heavy atom. The summed E-state index contributed by atoms with van der Waals surface area (Å²) < 4.78 is 11.3. The number of nitrogens with two attached hydrogens (primary N) is 1. The van der Waals surface area contributed by atoms with Crippen molar-refractivity contribution in [3.8, 4) is 28.8 Å². The van der Waals surface area contributed by atoms with Crippen LogP contribution in [0.1, 0.15) is 23.5 Å². The molecule has 27 heavy (non-hydrogen) atoms. The summed E-state index contributed by atoms with van der Waals surface area (Å²) in [6.45, 7) is 1.09. The Morgan fingerprint density at radius 3 is 2.78 bits per heavy atom. The minimum atomic E-state index is 0.289. The Kier molecular flexibility index (Phi) is 5.97. The van der Waals surface area contributed by atoms with Gasteiger partial charge in [0, 0.05) is 12.1 Å². The summed E-state index contributed by atoms with van der Waals surface area (Å²) in [6, 6.07) is 9.50. The second-order valence-electron chi connectivity index (χ2n) is 5.78. The lowest BCUT2D eigenvalue weighted by molar-refractivity contribution is 0.312. The number of methoxy groups -OCH3 is 1. The van der Waals surface area contributed by atoms with E-state index in [9.17, 15) is 0 Å². The van der Waals surface area contributed by atoms with Crippen molar-refractivity contribution in [1.29, 1.82) is 5.26 Å². The number of hydrogen-bond donors (Lipinski definition) is 2. The molecule has 0 spiro atoms. The number of nitrogens with zero attached hydrogens (tertiary/aromatic N) is 4. The molecule has 0 bridgehead atoms. The van der Waals surface area contributed by atoms with Gasteiger partial charge >= 0.3 is 0 Å². The molecule has 2 heterocycles. The second kappa shape index (κ2) is 8.78. The van der Waals surface area contributed by atoms with Gasteiger partial charge in [-0.15, -0.1) is 0 Å². The maximum atomic E-state index is 8.80. The molecule has 0 aliphatic heterocycles. The van der Waals surface area contributed by atoms with E-state index in [0.717, 1.165) is 23.4 Å². The maximum Gasteiger partial charge on any atom is 0.158 e. The van der Waals surface area contributed by atoms with Crippen LogP contribution in [0.5, 0.6) is 11.5 Å². The van der Waals surface area contributed by atoms with E-state index in [2.05, 4.69) is 20.2 Å². The molecule has 2 aromatic heterocycles. The molecule has 3 rings (SSSR count). The standard InChI is InChI=1S/C19H20N6O2/c1-26-17-4-2-5-18(27-7-3-6-20)19(17)16-9-13(24-25-16)8-14-11-23-15(10-21)12-22-14/h2,4-5,9,11-12H,3,6-8,20H2,1H3,(H,24,25). The SMILES string of the molecule is COc1cccc(OCCCN)c1-c1cc(Cc2cnc(C#N)cn2)[nH]n1. The number of aromatic nitrogens is 4. The second-order valence-corrected chi connectivity index (χ2v) is 5.78. The van der Waals surface area contributed by atoms with Crippen LogP contribution in [0.3, 0.4) is 0 Å². The zero-order chi connectivity index (χ0) is 19.1. The quantitative estimate of drug-likeness (QED) is 0.586. The van der Waals surface area contributed by atoms with Crippen LogP contribution in [0.15, 0.2) is 36.7 Å². The van der Waals surface area contributed by atoms with E-state index in [1.165, 1.54) is 6.20 Å². The van der Waals surface area contributed by atoms with E-state index in [0.29, 0.717) is 36.8 Å². The van der Waals surface area contributed by atoms with Crippen molar-refractivity contribution in [1.82, 2.24) is 20.2 Å². The number of aromatic amines is 1. The maximum absolute atomic E-state index is 8.80. The molecule has 0 atom stereocenters. The lowest BCUT2D eigenvalue weighted by Crippen LogP contribution is -2.07. The fraction of sp³-hybridized carbons (Fsp3) is 0.263. The molecular formula is C19H20N6O2. The van der Waals surface area contributed by atoms with Crippen molar-refractivity contribution >= 4 is 0 Å². The van der Waals surface area contributed by atoms with Crippen molar-refractivity contribution in [3.05, 3.63) is 53.7 Å². The normalized spacial score (nSPS) is 10.4. The Bertz CT molecular complexity index is 930. The zero-order valence-electron chi connectivity index (χ0n) is 15.0. The molecule has 3 N–H and O–H groups in total. The van der Waals surface area contributed by atoms with Gasteiger partial charge in [-0.2, -0.15) is 10.4 Å². The van der Waals surface area contributed by atoms with Gasteiger partial charge in [-0.1, -0.05) is 6.07 Å². The smallest absolute Gasteiger partial charge is 0.158 e. The molecule has 3 aromatic rings. The molecule has 1 aromatic carbocycles. The van der Waals surface area contributed by atoms with Crippen LogP contribution in [0.25, 0.3) is 11.3 Å². The van der Waals surface area contributed by atoms with E-state index in [1.807, 2.05) is 30.3 Å². The van der Waals surface area contributed by atoms with Gasteiger partial charge in [0.1, 0.15) is 17.6 Å². The molecule has 0 saturated heterocycles. The molecule has 8 heteroatoms. The third kappa shape index (κ3) is 4.40. The first-order valence-corrected chi connectivity index (χ1v) is 8.50. The van der Waals surface area contributed by atoms with Gasteiger partial charge in [0.25, 0.3) is 0 Å². The monoisotopic (exact) mass is 364 g/mol. The zero-order valence-corrected chi connectivity index (χ0v) is 15.0. The van der Waals surface area contributed by atoms with E-state index in [1.54, 1.807) is 13.3 Å². The molecule has 0 fully saturated rings. The fourth-order valence-electron chi connectivity index (χ4n) is 2.60. The first-order chi connectivity index (χ1) is 13.2. The number of ether oxygens (including phenoxy) is 2. The highest BCUT2D eigenvalue weighted by Crippen LogP contribution is 2.37. The summed E-state index contributed by atoms with van der Waals surface area (Å²) in [7, 11) is 1.61. The predicted octanol–water partition coefficient (Wildman–Crippen LogP) is 2.07. The van der Waals surface area contributed by atoms with Gasteiger partial charge in [-0.3, -0.25) is 10.1 Å². The summed E-state index contributed by atoms with van der Waals surface area (Å²) in [5, 5.41) is 16.2. The third-order valence-electron chi connectivity index (χ3n) is 3.89. The number of H-pyrrole nitrogens is 1. The number of nitrogens with one attached hydrogen (secondary N) is 1. The topological polar surface area (TPSA) is 123 Å². The van der Waals surface area contributed by atoms with Crippen LogP contribution in [0.2, 0.25) is 0 Å². The van der Waals surface area contributed by atoms with Crippen LogP contribution in [-0.2, 0) is 6.42 Å². The van der Waals surface area contributed by atoms with E-state index >= 15 is 0 Å². The molecule has 0 radical (unpaired) electrons. The van der Waals surface area contributed by atoms with Crippen molar-refractivity contribution in [2.75, 3.05) is 20.3 Å². The lowest BCUT2D eigenvalue weighted by atomic mass is 10.1. The van der Waals surface area contributed by atoms with Crippen LogP contribution in [0, 0.1) is 11.3 Å².